The standard InChI is InChI=1S/C21H15FN6S/c22-15-11-28(12-15)20-16(8-23)19(18-5-1-2-7-26-18)17(9-24)21(27-20)29-13-14-4-3-6-25-10-14/h1-7,10,15H,11-13H2. The van der Waals surface area contributed by atoms with Crippen molar-refractivity contribution in [1.29, 1.82) is 10.5 Å². The van der Waals surface area contributed by atoms with E-state index in [1.807, 2.05) is 12.1 Å². The largest absolute Gasteiger partial charge is 0.349 e. The van der Waals surface area contributed by atoms with Crippen molar-refractivity contribution < 1.29 is 4.39 Å². The van der Waals surface area contributed by atoms with Crippen LogP contribution in [0.15, 0.2) is 53.9 Å². The Hall–Kier alpha value is -3.49. The number of nitriles is 2. The van der Waals surface area contributed by atoms with Gasteiger partial charge in [0.25, 0.3) is 0 Å². The van der Waals surface area contributed by atoms with E-state index in [1.54, 1.807) is 41.7 Å². The summed E-state index contributed by atoms with van der Waals surface area (Å²) < 4.78 is 13.5. The third kappa shape index (κ3) is 3.75. The molecule has 6 nitrogen and oxygen atoms in total. The lowest BCUT2D eigenvalue weighted by atomic mass is 9.99. The van der Waals surface area contributed by atoms with Crippen molar-refractivity contribution in [3.05, 3.63) is 65.6 Å². The third-order valence-corrected chi connectivity index (χ3v) is 5.57. The summed E-state index contributed by atoms with van der Waals surface area (Å²) in [6, 6.07) is 13.5. The van der Waals surface area contributed by atoms with Gasteiger partial charge in [0.2, 0.25) is 0 Å². The number of rotatable bonds is 5. The first-order chi connectivity index (χ1) is 14.2. The minimum atomic E-state index is -0.941. The minimum absolute atomic E-state index is 0.182. The highest BCUT2D eigenvalue weighted by Crippen LogP contribution is 2.39. The molecule has 0 radical (unpaired) electrons. The number of hydrogen-bond acceptors (Lipinski definition) is 7. The molecule has 8 heteroatoms. The van der Waals surface area contributed by atoms with E-state index < -0.39 is 6.17 Å². The van der Waals surface area contributed by atoms with Gasteiger partial charge in [-0.2, -0.15) is 10.5 Å². The first-order valence-corrected chi connectivity index (χ1v) is 9.90. The Kier molecular flexibility index (Phi) is 5.37. The molecule has 1 aliphatic rings. The van der Waals surface area contributed by atoms with Crippen LogP contribution in [-0.2, 0) is 5.75 Å². The molecule has 0 aromatic carbocycles. The summed E-state index contributed by atoms with van der Waals surface area (Å²) in [5.41, 5.74) is 2.50. The number of thioether (sulfide) groups is 1. The van der Waals surface area contributed by atoms with Crippen molar-refractivity contribution in [3.63, 3.8) is 0 Å². The average Bonchev–Trinajstić information content (AvgIpc) is 2.75. The van der Waals surface area contributed by atoms with Gasteiger partial charge in [-0.05, 0) is 23.8 Å². The summed E-state index contributed by atoms with van der Waals surface area (Å²) in [6.07, 6.45) is 4.13. The summed E-state index contributed by atoms with van der Waals surface area (Å²) in [5, 5.41) is 20.2. The molecule has 0 atom stereocenters. The van der Waals surface area contributed by atoms with E-state index in [1.165, 1.54) is 11.8 Å². The Bertz CT molecular complexity index is 1100. The van der Waals surface area contributed by atoms with E-state index in [9.17, 15) is 14.9 Å². The number of hydrogen-bond donors (Lipinski definition) is 0. The normalized spacial score (nSPS) is 13.4. The summed E-state index contributed by atoms with van der Waals surface area (Å²) >= 11 is 1.39. The molecule has 1 saturated heterocycles. The van der Waals surface area contributed by atoms with Gasteiger partial charge in [0.15, 0.2) is 0 Å². The molecule has 3 aromatic heterocycles. The van der Waals surface area contributed by atoms with Crippen LogP contribution in [0.2, 0.25) is 0 Å². The van der Waals surface area contributed by atoms with Crippen molar-refractivity contribution >= 4 is 17.6 Å². The maximum absolute atomic E-state index is 13.5. The smallest absolute Gasteiger partial charge is 0.148 e. The van der Waals surface area contributed by atoms with Gasteiger partial charge in [-0.1, -0.05) is 12.1 Å². The molecule has 0 saturated carbocycles. The molecule has 4 rings (SSSR count). The first kappa shape index (κ1) is 18.9. The quantitative estimate of drug-likeness (QED) is 0.601. The minimum Gasteiger partial charge on any atom is -0.349 e. The van der Waals surface area contributed by atoms with Gasteiger partial charge in [0.05, 0.1) is 24.3 Å². The zero-order valence-electron chi connectivity index (χ0n) is 15.3. The van der Waals surface area contributed by atoms with Crippen molar-refractivity contribution in [1.82, 2.24) is 15.0 Å². The Balaban J connectivity index is 1.85. The second kappa shape index (κ2) is 8.26. The maximum atomic E-state index is 13.5. The lowest BCUT2D eigenvalue weighted by Crippen LogP contribution is -2.49. The molecule has 1 aliphatic heterocycles. The molecule has 0 bridgehead atoms. The van der Waals surface area contributed by atoms with Gasteiger partial charge in [0.1, 0.15) is 34.7 Å². The van der Waals surface area contributed by atoms with Crippen LogP contribution < -0.4 is 4.90 Å². The molecule has 3 aromatic rings. The second-order valence-electron chi connectivity index (χ2n) is 6.46. The van der Waals surface area contributed by atoms with E-state index in [0.29, 0.717) is 33.4 Å². The molecule has 1 fully saturated rings. The first-order valence-electron chi connectivity index (χ1n) is 8.91. The third-order valence-electron chi connectivity index (χ3n) is 4.52. The zero-order valence-corrected chi connectivity index (χ0v) is 16.1. The summed E-state index contributed by atoms with van der Waals surface area (Å²) in [7, 11) is 0. The molecular formula is C21H15FN6S. The highest BCUT2D eigenvalue weighted by atomic mass is 32.2. The molecule has 29 heavy (non-hydrogen) atoms. The monoisotopic (exact) mass is 402 g/mol. The summed E-state index contributed by atoms with van der Waals surface area (Å²) in [4.78, 5) is 14.8. The molecule has 0 spiro atoms. The van der Waals surface area contributed by atoms with Crippen LogP contribution in [0.5, 0.6) is 0 Å². The fraction of sp³-hybridized carbons (Fsp3) is 0.190. The molecule has 4 heterocycles. The van der Waals surface area contributed by atoms with Crippen molar-refractivity contribution in [2.24, 2.45) is 0 Å². The topological polar surface area (TPSA) is 89.5 Å². The predicted molar refractivity (Wildman–Crippen MR) is 108 cm³/mol. The maximum Gasteiger partial charge on any atom is 0.148 e. The highest BCUT2D eigenvalue weighted by molar-refractivity contribution is 7.98. The van der Waals surface area contributed by atoms with Crippen LogP contribution in [0.4, 0.5) is 10.2 Å². The van der Waals surface area contributed by atoms with Gasteiger partial charge in [-0.15, -0.1) is 11.8 Å². The SMILES string of the molecule is N#Cc1c(SCc2cccnc2)nc(N2CC(F)C2)c(C#N)c1-c1ccccn1. The van der Waals surface area contributed by atoms with Gasteiger partial charge >= 0.3 is 0 Å². The van der Waals surface area contributed by atoms with Crippen LogP contribution >= 0.6 is 11.8 Å². The molecule has 142 valence electrons. The number of alkyl halides is 1. The van der Waals surface area contributed by atoms with Crippen LogP contribution in [0.25, 0.3) is 11.3 Å². The van der Waals surface area contributed by atoms with E-state index in [-0.39, 0.29) is 18.7 Å². The van der Waals surface area contributed by atoms with Crippen molar-refractivity contribution in [2.45, 2.75) is 17.0 Å². The predicted octanol–water partition coefficient (Wildman–Crippen LogP) is 3.73. The molecule has 0 unspecified atom stereocenters. The van der Waals surface area contributed by atoms with E-state index in [0.717, 1.165) is 5.56 Å². The van der Waals surface area contributed by atoms with E-state index in [4.69, 9.17) is 0 Å². The van der Waals surface area contributed by atoms with Crippen molar-refractivity contribution in [2.75, 3.05) is 18.0 Å². The van der Waals surface area contributed by atoms with Crippen LogP contribution in [0.1, 0.15) is 16.7 Å². The van der Waals surface area contributed by atoms with Gasteiger partial charge < -0.3 is 4.90 Å². The molecule has 0 amide bonds. The molecule has 0 aliphatic carbocycles. The fourth-order valence-corrected chi connectivity index (χ4v) is 4.01. The number of pyridine rings is 3. The molecule has 0 N–H and O–H groups in total. The second-order valence-corrected chi connectivity index (χ2v) is 7.42. The van der Waals surface area contributed by atoms with Crippen LogP contribution in [-0.4, -0.2) is 34.2 Å². The van der Waals surface area contributed by atoms with E-state index in [2.05, 4.69) is 27.1 Å². The number of aromatic nitrogens is 3. The van der Waals surface area contributed by atoms with Gasteiger partial charge in [-0.3, -0.25) is 9.97 Å². The average molecular weight is 402 g/mol. The number of anilines is 1. The summed E-state index contributed by atoms with van der Waals surface area (Å²) in [6.45, 7) is 0.365. The van der Waals surface area contributed by atoms with Gasteiger partial charge in [0, 0.05) is 29.9 Å². The lowest BCUT2D eigenvalue weighted by molar-refractivity contribution is 0.273. The summed E-state index contributed by atoms with van der Waals surface area (Å²) in [5.74, 6) is 0.962. The van der Waals surface area contributed by atoms with Crippen LogP contribution in [0.3, 0.4) is 0 Å². The van der Waals surface area contributed by atoms with Crippen molar-refractivity contribution in [3.8, 4) is 23.4 Å². The van der Waals surface area contributed by atoms with E-state index >= 15 is 0 Å². The number of nitrogens with zero attached hydrogens (tertiary/aromatic N) is 6. The Morgan fingerprint density at radius 3 is 2.55 bits per heavy atom. The Morgan fingerprint density at radius 1 is 1.10 bits per heavy atom. The van der Waals surface area contributed by atoms with Gasteiger partial charge in [-0.25, -0.2) is 9.37 Å². The van der Waals surface area contributed by atoms with Crippen LogP contribution in [0, 0.1) is 22.7 Å². The Labute approximate surface area is 171 Å². The number of halogens is 1. The fourth-order valence-electron chi connectivity index (χ4n) is 3.09. The Morgan fingerprint density at radius 2 is 1.93 bits per heavy atom. The molecular weight excluding hydrogens is 387 g/mol. The zero-order chi connectivity index (χ0) is 20.2. The lowest BCUT2D eigenvalue weighted by Gasteiger charge is -2.36. The highest BCUT2D eigenvalue weighted by Gasteiger charge is 2.32.